The maximum absolute atomic E-state index is 13.7. The lowest BCUT2D eigenvalue weighted by molar-refractivity contribution is -0.159. The van der Waals surface area contributed by atoms with Crippen LogP contribution in [0, 0.1) is 5.82 Å². The van der Waals surface area contributed by atoms with E-state index in [4.69, 9.17) is 4.74 Å². The molecular formula is C19H13F4N3O3. The largest absolute Gasteiger partial charge is 0.487 e. The highest BCUT2D eigenvalue weighted by Gasteiger charge is 2.38. The fourth-order valence-corrected chi connectivity index (χ4v) is 2.81. The number of carbonyl (C=O) groups is 1. The first-order valence-electron chi connectivity index (χ1n) is 8.53. The molecule has 0 N–H and O–H groups in total. The lowest BCUT2D eigenvalue weighted by Gasteiger charge is -2.39. The van der Waals surface area contributed by atoms with Crippen molar-refractivity contribution in [2.24, 2.45) is 0 Å². The Morgan fingerprint density at radius 3 is 2.41 bits per heavy atom. The highest BCUT2D eigenvalue weighted by molar-refractivity contribution is 5.95. The van der Waals surface area contributed by atoms with Crippen molar-refractivity contribution in [2.45, 2.75) is 12.3 Å². The Morgan fingerprint density at radius 1 is 1.10 bits per heavy atom. The molecule has 1 saturated heterocycles. The fraction of sp³-hybridized carbons (Fsp3) is 0.211. The molecule has 0 spiro atoms. The molecule has 0 radical (unpaired) electrons. The van der Waals surface area contributed by atoms with E-state index in [-0.39, 0.29) is 17.5 Å². The number of halogens is 4. The molecule has 10 heteroatoms. The number of alkyl halides is 3. The van der Waals surface area contributed by atoms with Gasteiger partial charge in [-0.2, -0.15) is 18.2 Å². The van der Waals surface area contributed by atoms with Crippen LogP contribution in [-0.4, -0.2) is 40.1 Å². The van der Waals surface area contributed by atoms with Crippen LogP contribution in [0.4, 0.5) is 17.6 Å². The van der Waals surface area contributed by atoms with Crippen molar-refractivity contribution in [3.63, 3.8) is 0 Å². The third kappa shape index (κ3) is 3.91. The van der Waals surface area contributed by atoms with Crippen molar-refractivity contribution in [2.75, 3.05) is 13.1 Å². The zero-order valence-electron chi connectivity index (χ0n) is 14.7. The van der Waals surface area contributed by atoms with E-state index in [1.807, 2.05) is 0 Å². The van der Waals surface area contributed by atoms with Gasteiger partial charge in [0.25, 0.3) is 5.91 Å². The Bertz CT molecular complexity index is 1030. The fourth-order valence-electron chi connectivity index (χ4n) is 2.81. The summed E-state index contributed by atoms with van der Waals surface area (Å²) in [5.74, 6) is -2.11. The first kappa shape index (κ1) is 18.9. The number of nitrogens with zero attached hydrogens (tertiary/aromatic N) is 3. The number of amides is 1. The van der Waals surface area contributed by atoms with Crippen molar-refractivity contribution >= 4 is 5.91 Å². The van der Waals surface area contributed by atoms with Crippen LogP contribution in [0.5, 0.6) is 5.75 Å². The van der Waals surface area contributed by atoms with Gasteiger partial charge in [-0.1, -0.05) is 17.3 Å². The highest BCUT2D eigenvalue weighted by Crippen LogP contribution is 2.30. The number of ether oxygens (including phenoxy) is 1. The number of likely N-dealkylation sites (tertiary alicyclic amines) is 1. The predicted octanol–water partition coefficient (Wildman–Crippen LogP) is 3.80. The van der Waals surface area contributed by atoms with Crippen LogP contribution in [0.1, 0.15) is 16.2 Å². The summed E-state index contributed by atoms with van der Waals surface area (Å²) in [5.41, 5.74) is 0.343. The van der Waals surface area contributed by atoms with Crippen LogP contribution in [0.15, 0.2) is 53.1 Å². The molecular weight excluding hydrogens is 394 g/mol. The second-order valence-corrected chi connectivity index (χ2v) is 6.38. The zero-order chi connectivity index (χ0) is 20.6. The van der Waals surface area contributed by atoms with Gasteiger partial charge in [0.05, 0.1) is 18.7 Å². The molecule has 0 bridgehead atoms. The van der Waals surface area contributed by atoms with E-state index in [1.165, 1.54) is 35.2 Å². The normalized spacial score (nSPS) is 14.6. The second kappa shape index (κ2) is 7.19. The van der Waals surface area contributed by atoms with Gasteiger partial charge in [0.1, 0.15) is 17.7 Å². The number of hydrogen-bond acceptors (Lipinski definition) is 5. The minimum atomic E-state index is -4.70. The quantitative estimate of drug-likeness (QED) is 0.616. The van der Waals surface area contributed by atoms with E-state index in [0.29, 0.717) is 24.4 Å². The molecule has 0 aliphatic carbocycles. The van der Waals surface area contributed by atoms with Crippen molar-refractivity contribution in [3.8, 4) is 17.1 Å². The van der Waals surface area contributed by atoms with Crippen molar-refractivity contribution in [1.82, 2.24) is 15.0 Å². The molecule has 150 valence electrons. The Hall–Kier alpha value is -3.43. The lowest BCUT2D eigenvalue weighted by atomic mass is 10.1. The average Bonchev–Trinajstić information content (AvgIpc) is 3.15. The van der Waals surface area contributed by atoms with Crippen LogP contribution in [0.25, 0.3) is 11.4 Å². The molecule has 1 aliphatic heterocycles. The van der Waals surface area contributed by atoms with E-state index in [0.717, 1.165) is 0 Å². The molecule has 1 amide bonds. The molecule has 3 aromatic rings. The first-order chi connectivity index (χ1) is 13.8. The molecule has 6 nitrogen and oxygen atoms in total. The maximum atomic E-state index is 13.7. The molecule has 1 aromatic heterocycles. The molecule has 1 aliphatic rings. The molecule has 4 rings (SSSR count). The van der Waals surface area contributed by atoms with Gasteiger partial charge >= 0.3 is 12.1 Å². The van der Waals surface area contributed by atoms with Crippen LogP contribution >= 0.6 is 0 Å². The highest BCUT2D eigenvalue weighted by atomic mass is 19.4. The van der Waals surface area contributed by atoms with Gasteiger partial charge in [-0.05, 0) is 36.4 Å². The number of benzene rings is 2. The lowest BCUT2D eigenvalue weighted by Crippen LogP contribution is -2.56. The molecule has 29 heavy (non-hydrogen) atoms. The summed E-state index contributed by atoms with van der Waals surface area (Å²) in [5, 5.41) is 3.31. The van der Waals surface area contributed by atoms with E-state index < -0.39 is 23.8 Å². The van der Waals surface area contributed by atoms with Gasteiger partial charge in [0.2, 0.25) is 5.82 Å². The number of hydrogen-bond donors (Lipinski definition) is 0. The molecule has 0 unspecified atom stereocenters. The zero-order valence-corrected chi connectivity index (χ0v) is 14.7. The van der Waals surface area contributed by atoms with E-state index in [9.17, 15) is 22.4 Å². The van der Waals surface area contributed by atoms with Gasteiger partial charge in [-0.3, -0.25) is 4.79 Å². The van der Waals surface area contributed by atoms with Gasteiger partial charge in [-0.25, -0.2) is 4.39 Å². The average molecular weight is 407 g/mol. The smallest absolute Gasteiger partial charge is 0.471 e. The summed E-state index contributed by atoms with van der Waals surface area (Å²) in [6, 6.07) is 11.9. The van der Waals surface area contributed by atoms with E-state index in [1.54, 1.807) is 18.2 Å². The van der Waals surface area contributed by atoms with Crippen molar-refractivity contribution < 1.29 is 31.6 Å². The summed E-state index contributed by atoms with van der Waals surface area (Å²) in [6.07, 6.45) is -4.97. The van der Waals surface area contributed by atoms with Gasteiger partial charge in [0.15, 0.2) is 0 Å². The Labute approximate surface area is 161 Å². The van der Waals surface area contributed by atoms with Crippen LogP contribution in [-0.2, 0) is 6.18 Å². The number of aromatic nitrogens is 2. The summed E-state index contributed by atoms with van der Waals surface area (Å²) in [7, 11) is 0. The van der Waals surface area contributed by atoms with Crippen molar-refractivity contribution in [3.05, 3.63) is 65.8 Å². The predicted molar refractivity (Wildman–Crippen MR) is 91.5 cm³/mol. The third-order valence-electron chi connectivity index (χ3n) is 4.32. The maximum Gasteiger partial charge on any atom is 0.471 e. The molecule has 0 atom stereocenters. The molecule has 1 fully saturated rings. The first-order valence-corrected chi connectivity index (χ1v) is 8.53. The van der Waals surface area contributed by atoms with Crippen LogP contribution in [0.3, 0.4) is 0 Å². The van der Waals surface area contributed by atoms with Crippen LogP contribution in [0.2, 0.25) is 0 Å². The SMILES string of the molecule is O=C(c1ccccc1F)N1CC(Oc2ccc(-c3noc(C(F)(F)F)n3)cc2)C1. The van der Waals surface area contributed by atoms with Gasteiger partial charge < -0.3 is 14.2 Å². The topological polar surface area (TPSA) is 68.5 Å². The minimum absolute atomic E-state index is 0.00800. The van der Waals surface area contributed by atoms with Gasteiger partial charge in [-0.15, -0.1) is 0 Å². The molecule has 2 heterocycles. The second-order valence-electron chi connectivity index (χ2n) is 6.38. The Kier molecular flexibility index (Phi) is 4.69. The summed E-state index contributed by atoms with van der Waals surface area (Å²) in [6.45, 7) is 0.601. The number of rotatable bonds is 4. The summed E-state index contributed by atoms with van der Waals surface area (Å²) >= 11 is 0. The molecule has 0 saturated carbocycles. The summed E-state index contributed by atoms with van der Waals surface area (Å²) < 4.78 is 61.2. The van der Waals surface area contributed by atoms with E-state index >= 15 is 0 Å². The minimum Gasteiger partial charge on any atom is -0.487 e. The van der Waals surface area contributed by atoms with Crippen LogP contribution < -0.4 is 4.74 Å². The standard InChI is InChI=1S/C19H13F4N3O3/c20-15-4-2-1-3-14(15)17(27)26-9-13(10-26)28-12-7-5-11(6-8-12)16-24-18(29-25-16)19(21,22)23/h1-8,13H,9-10H2. The monoisotopic (exact) mass is 407 g/mol. The molecule has 2 aromatic carbocycles. The number of carbonyl (C=O) groups excluding carboxylic acids is 1. The van der Waals surface area contributed by atoms with E-state index in [2.05, 4.69) is 14.7 Å². The van der Waals surface area contributed by atoms with Crippen molar-refractivity contribution in [1.29, 1.82) is 0 Å². The Morgan fingerprint density at radius 2 is 1.79 bits per heavy atom. The van der Waals surface area contributed by atoms with Gasteiger partial charge in [0, 0.05) is 5.56 Å². The summed E-state index contributed by atoms with van der Waals surface area (Å²) in [4.78, 5) is 17.0. The third-order valence-corrected chi connectivity index (χ3v) is 4.32. The Balaban J connectivity index is 1.34.